The van der Waals surface area contributed by atoms with Crippen LogP contribution in [0, 0.1) is 0 Å². The highest BCUT2D eigenvalue weighted by molar-refractivity contribution is 9.10. The molecule has 1 saturated heterocycles. The van der Waals surface area contributed by atoms with Gasteiger partial charge in [-0.2, -0.15) is 4.31 Å². The molecular formula is C20H24BrN3O3S. The SMILES string of the molecule is CCS(=O)(=O)N1CCN(Cc2ccc(C(=O)Nc3ccc(Br)cc3)cc2)CC1. The molecule has 6 nitrogen and oxygen atoms in total. The Hall–Kier alpha value is -1.74. The van der Waals surface area contributed by atoms with E-state index >= 15 is 0 Å². The van der Waals surface area contributed by atoms with Crippen molar-refractivity contribution in [3.63, 3.8) is 0 Å². The van der Waals surface area contributed by atoms with Gasteiger partial charge in [0.2, 0.25) is 10.0 Å². The zero-order chi connectivity index (χ0) is 20.1. The summed E-state index contributed by atoms with van der Waals surface area (Å²) in [6.07, 6.45) is 0. The number of nitrogens with one attached hydrogen (secondary N) is 1. The van der Waals surface area contributed by atoms with Crippen molar-refractivity contribution in [1.82, 2.24) is 9.21 Å². The highest BCUT2D eigenvalue weighted by Crippen LogP contribution is 2.16. The molecule has 1 amide bonds. The van der Waals surface area contributed by atoms with Crippen LogP contribution in [0.25, 0.3) is 0 Å². The summed E-state index contributed by atoms with van der Waals surface area (Å²) in [5, 5.41) is 2.88. The number of amides is 1. The van der Waals surface area contributed by atoms with E-state index in [-0.39, 0.29) is 11.7 Å². The Kier molecular flexibility index (Phi) is 6.87. The van der Waals surface area contributed by atoms with Gasteiger partial charge in [-0.1, -0.05) is 28.1 Å². The molecule has 1 aliphatic heterocycles. The second-order valence-corrected chi connectivity index (χ2v) is 9.91. The summed E-state index contributed by atoms with van der Waals surface area (Å²) in [7, 11) is -3.10. The number of carbonyl (C=O) groups is 1. The fourth-order valence-electron chi connectivity index (χ4n) is 3.10. The van der Waals surface area contributed by atoms with E-state index in [4.69, 9.17) is 0 Å². The van der Waals surface area contributed by atoms with Gasteiger partial charge in [0.05, 0.1) is 5.75 Å². The van der Waals surface area contributed by atoms with Crippen molar-refractivity contribution in [2.45, 2.75) is 13.5 Å². The van der Waals surface area contributed by atoms with E-state index in [0.29, 0.717) is 31.7 Å². The van der Waals surface area contributed by atoms with Crippen molar-refractivity contribution in [3.8, 4) is 0 Å². The van der Waals surface area contributed by atoms with Gasteiger partial charge >= 0.3 is 0 Å². The van der Waals surface area contributed by atoms with Gasteiger partial charge in [-0.05, 0) is 48.9 Å². The van der Waals surface area contributed by atoms with Crippen molar-refractivity contribution in [1.29, 1.82) is 0 Å². The first-order valence-corrected chi connectivity index (χ1v) is 11.6. The Morgan fingerprint density at radius 1 is 1.00 bits per heavy atom. The lowest BCUT2D eigenvalue weighted by molar-refractivity contribution is 0.102. The summed E-state index contributed by atoms with van der Waals surface area (Å²) in [4.78, 5) is 14.6. The van der Waals surface area contributed by atoms with Gasteiger partial charge in [-0.15, -0.1) is 0 Å². The maximum absolute atomic E-state index is 12.4. The molecule has 1 fully saturated rings. The van der Waals surface area contributed by atoms with Crippen LogP contribution in [-0.4, -0.2) is 55.5 Å². The second kappa shape index (κ2) is 9.17. The molecule has 0 spiro atoms. The molecule has 0 radical (unpaired) electrons. The Balaban J connectivity index is 1.53. The van der Waals surface area contributed by atoms with Crippen molar-refractivity contribution in [2.75, 3.05) is 37.2 Å². The number of hydrogen-bond donors (Lipinski definition) is 1. The number of piperazine rings is 1. The number of sulfonamides is 1. The Morgan fingerprint density at radius 2 is 1.61 bits per heavy atom. The molecule has 0 atom stereocenters. The van der Waals surface area contributed by atoms with Crippen molar-refractivity contribution in [3.05, 3.63) is 64.1 Å². The predicted octanol–water partition coefficient (Wildman–Crippen LogP) is 3.17. The largest absolute Gasteiger partial charge is 0.322 e. The van der Waals surface area contributed by atoms with Crippen molar-refractivity contribution in [2.24, 2.45) is 0 Å². The van der Waals surface area contributed by atoms with Gasteiger partial charge in [-0.25, -0.2) is 8.42 Å². The molecule has 0 bridgehead atoms. The number of carbonyl (C=O) groups excluding carboxylic acids is 1. The van der Waals surface area contributed by atoms with Crippen LogP contribution in [0.15, 0.2) is 53.0 Å². The maximum Gasteiger partial charge on any atom is 0.255 e. The normalized spacial score (nSPS) is 16.1. The van der Waals surface area contributed by atoms with Crippen LogP contribution in [0.4, 0.5) is 5.69 Å². The minimum atomic E-state index is -3.10. The third-order valence-corrected chi connectivity index (χ3v) is 7.22. The van der Waals surface area contributed by atoms with Crippen LogP contribution in [0.1, 0.15) is 22.8 Å². The molecule has 1 aliphatic rings. The predicted molar refractivity (Wildman–Crippen MR) is 115 cm³/mol. The number of halogens is 1. The zero-order valence-corrected chi connectivity index (χ0v) is 18.2. The summed E-state index contributed by atoms with van der Waals surface area (Å²) in [6.45, 7) is 4.91. The fraction of sp³-hybridized carbons (Fsp3) is 0.350. The minimum Gasteiger partial charge on any atom is -0.322 e. The van der Waals surface area contributed by atoms with E-state index in [1.807, 2.05) is 48.5 Å². The summed E-state index contributed by atoms with van der Waals surface area (Å²) in [5.41, 5.74) is 2.45. The average molecular weight is 466 g/mol. The molecule has 0 saturated carbocycles. The molecule has 0 aliphatic carbocycles. The van der Waals surface area contributed by atoms with Crippen LogP contribution in [0.2, 0.25) is 0 Å². The summed E-state index contributed by atoms with van der Waals surface area (Å²) in [5.74, 6) is 0.00353. The molecule has 150 valence electrons. The maximum atomic E-state index is 12.4. The summed E-state index contributed by atoms with van der Waals surface area (Å²) >= 11 is 3.37. The molecule has 1 N–H and O–H groups in total. The van der Waals surface area contributed by atoms with E-state index in [1.165, 1.54) is 0 Å². The Labute approximate surface area is 174 Å². The summed E-state index contributed by atoms with van der Waals surface area (Å²) in [6, 6.07) is 15.0. The first kappa shape index (κ1) is 21.0. The second-order valence-electron chi connectivity index (χ2n) is 6.73. The van der Waals surface area contributed by atoms with E-state index in [1.54, 1.807) is 11.2 Å². The van der Waals surface area contributed by atoms with Gasteiger partial charge in [0, 0.05) is 48.4 Å². The van der Waals surface area contributed by atoms with Crippen molar-refractivity contribution >= 4 is 37.5 Å². The smallest absolute Gasteiger partial charge is 0.255 e. The lowest BCUT2D eigenvalue weighted by Gasteiger charge is -2.33. The fourth-order valence-corrected chi connectivity index (χ4v) is 4.45. The van der Waals surface area contributed by atoms with Gasteiger partial charge in [0.15, 0.2) is 0 Å². The Morgan fingerprint density at radius 3 is 2.18 bits per heavy atom. The van der Waals surface area contributed by atoms with Gasteiger partial charge in [-0.3, -0.25) is 9.69 Å². The van der Waals surface area contributed by atoms with Crippen LogP contribution >= 0.6 is 15.9 Å². The third kappa shape index (κ3) is 5.41. The number of benzene rings is 2. The molecule has 28 heavy (non-hydrogen) atoms. The lowest BCUT2D eigenvalue weighted by Crippen LogP contribution is -2.48. The van der Waals surface area contributed by atoms with E-state index in [2.05, 4.69) is 26.1 Å². The van der Waals surface area contributed by atoms with E-state index in [9.17, 15) is 13.2 Å². The molecule has 0 unspecified atom stereocenters. The summed E-state index contributed by atoms with van der Waals surface area (Å²) < 4.78 is 26.4. The van der Waals surface area contributed by atoms with Crippen LogP contribution in [0.5, 0.6) is 0 Å². The highest BCUT2D eigenvalue weighted by atomic mass is 79.9. The third-order valence-electron chi connectivity index (χ3n) is 4.81. The average Bonchev–Trinajstić information content (AvgIpc) is 2.70. The number of rotatable bonds is 6. The molecule has 2 aromatic carbocycles. The van der Waals surface area contributed by atoms with Crippen LogP contribution in [0.3, 0.4) is 0 Å². The van der Waals surface area contributed by atoms with E-state index < -0.39 is 10.0 Å². The van der Waals surface area contributed by atoms with Gasteiger partial charge in [0.1, 0.15) is 0 Å². The molecular weight excluding hydrogens is 442 g/mol. The molecule has 2 aromatic rings. The molecule has 0 aromatic heterocycles. The van der Waals surface area contributed by atoms with Crippen LogP contribution in [-0.2, 0) is 16.6 Å². The van der Waals surface area contributed by atoms with E-state index in [0.717, 1.165) is 22.3 Å². The topological polar surface area (TPSA) is 69.7 Å². The first-order chi connectivity index (χ1) is 13.4. The number of anilines is 1. The number of nitrogens with zero attached hydrogens (tertiary/aromatic N) is 2. The number of hydrogen-bond acceptors (Lipinski definition) is 4. The van der Waals surface area contributed by atoms with Gasteiger partial charge < -0.3 is 5.32 Å². The standard InChI is InChI=1S/C20H24BrN3O3S/c1-2-28(26,27)24-13-11-23(12-14-24)15-16-3-5-17(6-4-16)20(25)22-19-9-7-18(21)8-10-19/h3-10H,2,11-15H2,1H3,(H,22,25). The minimum absolute atomic E-state index is 0.146. The van der Waals surface area contributed by atoms with Crippen molar-refractivity contribution < 1.29 is 13.2 Å². The van der Waals surface area contributed by atoms with Crippen LogP contribution < -0.4 is 5.32 Å². The monoisotopic (exact) mass is 465 g/mol. The molecule has 8 heteroatoms. The Bertz CT molecular complexity index is 907. The first-order valence-electron chi connectivity index (χ1n) is 9.23. The highest BCUT2D eigenvalue weighted by Gasteiger charge is 2.25. The molecule has 1 heterocycles. The molecule has 3 rings (SSSR count). The quantitative estimate of drug-likeness (QED) is 0.710. The lowest BCUT2D eigenvalue weighted by atomic mass is 10.1. The zero-order valence-electron chi connectivity index (χ0n) is 15.8. The van der Waals surface area contributed by atoms with Gasteiger partial charge in [0.25, 0.3) is 5.91 Å².